The number of carbonyl (C=O) groups is 2. The summed E-state index contributed by atoms with van der Waals surface area (Å²) in [6.07, 6.45) is 1.59. The first-order valence-electron chi connectivity index (χ1n) is 10.4. The molecule has 2 aliphatic rings. The van der Waals surface area contributed by atoms with Crippen molar-refractivity contribution in [3.63, 3.8) is 0 Å². The van der Waals surface area contributed by atoms with Crippen LogP contribution in [0.1, 0.15) is 33.6 Å². The Morgan fingerprint density at radius 1 is 0.969 bits per heavy atom. The number of rotatable bonds is 5. The summed E-state index contributed by atoms with van der Waals surface area (Å²) in [5, 5.41) is 2.81. The summed E-state index contributed by atoms with van der Waals surface area (Å²) in [4.78, 5) is 27.5. The Morgan fingerprint density at radius 2 is 1.66 bits per heavy atom. The van der Waals surface area contributed by atoms with E-state index in [0.29, 0.717) is 50.6 Å². The lowest BCUT2D eigenvalue weighted by Gasteiger charge is -2.27. The van der Waals surface area contributed by atoms with Crippen LogP contribution in [0.2, 0.25) is 5.02 Å². The Labute approximate surface area is 192 Å². The number of nitrogens with zero attached hydrogens (tertiary/aromatic N) is 2. The first-order valence-corrected chi connectivity index (χ1v) is 12.3. The van der Waals surface area contributed by atoms with Gasteiger partial charge in [0.1, 0.15) is 4.90 Å². The third kappa shape index (κ3) is 4.66. The lowest BCUT2D eigenvalue weighted by Crippen LogP contribution is -2.41. The van der Waals surface area contributed by atoms with E-state index in [1.54, 1.807) is 29.2 Å². The van der Waals surface area contributed by atoms with Crippen LogP contribution < -0.4 is 5.32 Å². The van der Waals surface area contributed by atoms with Gasteiger partial charge in [0, 0.05) is 31.7 Å². The van der Waals surface area contributed by atoms with Gasteiger partial charge in [0.05, 0.1) is 29.5 Å². The highest BCUT2D eigenvalue weighted by atomic mass is 35.5. The topological polar surface area (TPSA) is 96.0 Å². The number of morpholine rings is 1. The molecule has 170 valence electrons. The van der Waals surface area contributed by atoms with E-state index >= 15 is 0 Å². The molecule has 2 aromatic carbocycles. The van der Waals surface area contributed by atoms with Gasteiger partial charge in [-0.05, 0) is 43.2 Å². The Bertz CT molecular complexity index is 1130. The molecule has 0 aromatic heterocycles. The second kappa shape index (κ2) is 9.58. The van der Waals surface area contributed by atoms with Crippen molar-refractivity contribution in [3.05, 3.63) is 58.6 Å². The van der Waals surface area contributed by atoms with E-state index in [9.17, 15) is 18.0 Å². The predicted molar refractivity (Wildman–Crippen MR) is 121 cm³/mol. The van der Waals surface area contributed by atoms with Crippen LogP contribution >= 0.6 is 11.6 Å². The second-order valence-electron chi connectivity index (χ2n) is 7.66. The molecule has 0 saturated carbocycles. The second-order valence-corrected chi connectivity index (χ2v) is 9.97. The summed E-state index contributed by atoms with van der Waals surface area (Å²) in [5.74, 6) is -0.723. The molecule has 0 unspecified atom stereocenters. The van der Waals surface area contributed by atoms with Crippen molar-refractivity contribution in [2.24, 2.45) is 0 Å². The van der Waals surface area contributed by atoms with Crippen LogP contribution in [-0.4, -0.2) is 68.8 Å². The molecule has 2 heterocycles. The SMILES string of the molecule is O=C(Nc1ccccc1C(=O)N1CCOCC1)c1ccc(Cl)c(S(=O)(=O)N2CCCC2)c1. The average molecular weight is 478 g/mol. The van der Waals surface area contributed by atoms with Gasteiger partial charge in [0.15, 0.2) is 0 Å². The Balaban J connectivity index is 1.58. The zero-order valence-corrected chi connectivity index (χ0v) is 19.0. The molecule has 2 saturated heterocycles. The number of carbonyl (C=O) groups excluding carboxylic acids is 2. The first-order chi connectivity index (χ1) is 15.4. The number of ether oxygens (including phenoxy) is 1. The Morgan fingerprint density at radius 3 is 2.38 bits per heavy atom. The van der Waals surface area contributed by atoms with Gasteiger partial charge in [-0.2, -0.15) is 4.31 Å². The lowest BCUT2D eigenvalue weighted by molar-refractivity contribution is 0.0303. The number of benzene rings is 2. The summed E-state index contributed by atoms with van der Waals surface area (Å²) in [6, 6.07) is 10.9. The summed E-state index contributed by atoms with van der Waals surface area (Å²) < 4.78 is 32.6. The molecular weight excluding hydrogens is 454 g/mol. The molecule has 32 heavy (non-hydrogen) atoms. The zero-order chi connectivity index (χ0) is 22.7. The van der Waals surface area contributed by atoms with Crippen molar-refractivity contribution in [3.8, 4) is 0 Å². The number of hydrogen-bond acceptors (Lipinski definition) is 5. The standard InChI is InChI=1S/C22H24ClN3O5S/c23-18-8-7-16(15-20(18)32(29,30)26-9-3-4-10-26)21(27)24-19-6-2-1-5-17(19)22(28)25-11-13-31-14-12-25/h1-2,5-8,15H,3-4,9-14H2,(H,24,27). The van der Waals surface area contributed by atoms with E-state index in [4.69, 9.17) is 16.3 Å². The fourth-order valence-corrected chi connectivity index (χ4v) is 5.84. The first kappa shape index (κ1) is 22.7. The van der Waals surface area contributed by atoms with Crippen molar-refractivity contribution in [1.29, 1.82) is 0 Å². The molecule has 10 heteroatoms. The minimum atomic E-state index is -3.79. The van der Waals surface area contributed by atoms with Crippen molar-refractivity contribution in [2.45, 2.75) is 17.7 Å². The summed E-state index contributed by atoms with van der Waals surface area (Å²) in [7, 11) is -3.79. The van der Waals surface area contributed by atoms with Gasteiger partial charge < -0.3 is 15.0 Å². The Kier molecular flexibility index (Phi) is 6.80. The number of halogens is 1. The van der Waals surface area contributed by atoms with Gasteiger partial charge >= 0.3 is 0 Å². The van der Waals surface area contributed by atoms with E-state index in [2.05, 4.69) is 5.32 Å². The molecule has 0 aliphatic carbocycles. The van der Waals surface area contributed by atoms with Crippen LogP contribution in [-0.2, 0) is 14.8 Å². The van der Waals surface area contributed by atoms with Crippen molar-refractivity contribution in [2.75, 3.05) is 44.7 Å². The number of nitrogens with one attached hydrogen (secondary N) is 1. The highest BCUT2D eigenvalue weighted by molar-refractivity contribution is 7.89. The number of anilines is 1. The van der Waals surface area contributed by atoms with E-state index in [1.807, 2.05) is 0 Å². The average Bonchev–Trinajstić information content (AvgIpc) is 3.36. The molecule has 0 bridgehead atoms. The van der Waals surface area contributed by atoms with Crippen LogP contribution in [0.5, 0.6) is 0 Å². The summed E-state index contributed by atoms with van der Waals surface area (Å²) in [5.41, 5.74) is 0.857. The third-order valence-electron chi connectivity index (χ3n) is 5.58. The van der Waals surface area contributed by atoms with Gasteiger partial charge in [0.2, 0.25) is 10.0 Å². The maximum atomic E-state index is 13.0. The Hall–Kier alpha value is -2.46. The largest absolute Gasteiger partial charge is 0.378 e. The van der Waals surface area contributed by atoms with Gasteiger partial charge in [-0.15, -0.1) is 0 Å². The molecular formula is C22H24ClN3O5S. The minimum absolute atomic E-state index is 0.0661. The van der Waals surface area contributed by atoms with Crippen molar-refractivity contribution in [1.82, 2.24) is 9.21 Å². The van der Waals surface area contributed by atoms with Crippen LogP contribution in [0.25, 0.3) is 0 Å². The molecule has 8 nitrogen and oxygen atoms in total. The molecule has 1 N–H and O–H groups in total. The molecule has 2 aliphatic heterocycles. The molecule has 2 amide bonds. The van der Waals surface area contributed by atoms with Crippen molar-refractivity contribution < 1.29 is 22.7 Å². The van der Waals surface area contributed by atoms with Crippen LogP contribution in [0.15, 0.2) is 47.4 Å². The van der Waals surface area contributed by atoms with Gasteiger partial charge in [-0.3, -0.25) is 9.59 Å². The zero-order valence-electron chi connectivity index (χ0n) is 17.4. The monoisotopic (exact) mass is 477 g/mol. The molecule has 2 fully saturated rings. The fourth-order valence-electron chi connectivity index (χ4n) is 3.82. The normalized spacial score (nSPS) is 17.3. The third-order valence-corrected chi connectivity index (χ3v) is 7.96. The van der Waals surface area contributed by atoms with Gasteiger partial charge in [-0.25, -0.2) is 8.42 Å². The number of sulfonamides is 1. The van der Waals surface area contributed by atoms with E-state index in [0.717, 1.165) is 12.8 Å². The highest BCUT2D eigenvalue weighted by Gasteiger charge is 2.30. The predicted octanol–water partition coefficient (Wildman–Crippen LogP) is 2.85. The molecule has 0 atom stereocenters. The summed E-state index contributed by atoms with van der Waals surface area (Å²) >= 11 is 6.18. The highest BCUT2D eigenvalue weighted by Crippen LogP contribution is 2.28. The molecule has 2 aromatic rings. The van der Waals surface area contributed by atoms with E-state index < -0.39 is 15.9 Å². The number of hydrogen-bond donors (Lipinski definition) is 1. The van der Waals surface area contributed by atoms with Crippen LogP contribution in [0.4, 0.5) is 5.69 Å². The minimum Gasteiger partial charge on any atom is -0.378 e. The molecule has 0 spiro atoms. The molecule has 4 rings (SSSR count). The maximum Gasteiger partial charge on any atom is 0.256 e. The van der Waals surface area contributed by atoms with Crippen molar-refractivity contribution >= 4 is 39.1 Å². The number of para-hydroxylation sites is 1. The maximum absolute atomic E-state index is 13.0. The summed E-state index contributed by atoms with van der Waals surface area (Å²) in [6.45, 7) is 2.78. The molecule has 0 radical (unpaired) electrons. The fraction of sp³-hybridized carbons (Fsp3) is 0.364. The lowest BCUT2D eigenvalue weighted by atomic mass is 10.1. The van der Waals surface area contributed by atoms with E-state index in [-0.39, 0.29) is 21.4 Å². The van der Waals surface area contributed by atoms with Crippen LogP contribution in [0, 0.1) is 0 Å². The van der Waals surface area contributed by atoms with Crippen LogP contribution in [0.3, 0.4) is 0 Å². The van der Waals surface area contributed by atoms with E-state index in [1.165, 1.54) is 22.5 Å². The smallest absolute Gasteiger partial charge is 0.256 e. The van der Waals surface area contributed by atoms with Gasteiger partial charge in [0.25, 0.3) is 11.8 Å². The number of amides is 2. The quantitative estimate of drug-likeness (QED) is 0.714. The van der Waals surface area contributed by atoms with Gasteiger partial charge in [-0.1, -0.05) is 23.7 Å².